The second-order valence-corrected chi connectivity index (χ2v) is 7.41. The lowest BCUT2D eigenvalue weighted by Crippen LogP contribution is -2.54. The minimum absolute atomic E-state index is 0.176. The van der Waals surface area contributed by atoms with Crippen LogP contribution in [0.25, 0.3) is 0 Å². The monoisotopic (exact) mass is 316 g/mol. The lowest BCUT2D eigenvalue weighted by atomic mass is 10.00. The first kappa shape index (κ1) is 17.2. The molecule has 0 radical (unpaired) electrons. The van der Waals surface area contributed by atoms with Gasteiger partial charge in [-0.25, -0.2) is 0 Å². The van der Waals surface area contributed by atoms with Crippen molar-refractivity contribution >= 4 is 17.7 Å². The highest BCUT2D eigenvalue weighted by Gasteiger charge is 2.43. The predicted molar refractivity (Wildman–Crippen MR) is 88.1 cm³/mol. The Bertz CT molecular complexity index is 609. The highest BCUT2D eigenvalue weighted by Crippen LogP contribution is 2.27. The Balaban J connectivity index is 2.36. The Morgan fingerprint density at radius 1 is 1.09 bits per heavy atom. The van der Waals surface area contributed by atoms with E-state index in [1.807, 2.05) is 34.6 Å². The molecular weight excluding hydrogens is 292 g/mol. The Morgan fingerprint density at radius 2 is 1.57 bits per heavy atom. The van der Waals surface area contributed by atoms with Crippen molar-refractivity contribution in [1.82, 2.24) is 10.2 Å². The molecule has 1 N–H and O–H groups in total. The average molecular weight is 316 g/mol. The summed E-state index contributed by atoms with van der Waals surface area (Å²) in [7, 11) is 0. The maximum atomic E-state index is 12.7. The van der Waals surface area contributed by atoms with Crippen LogP contribution in [-0.2, 0) is 4.79 Å². The van der Waals surface area contributed by atoms with Gasteiger partial charge in [-0.2, -0.15) is 0 Å². The summed E-state index contributed by atoms with van der Waals surface area (Å²) in [5.41, 5.74) is 0.315. The SMILES string of the molecule is CC(C)C[C@@H](C(=O)NC(C)(C)C)N1C(=O)c2ccccc2C1=O. The van der Waals surface area contributed by atoms with Gasteiger partial charge in [0.15, 0.2) is 0 Å². The van der Waals surface area contributed by atoms with Crippen molar-refractivity contribution < 1.29 is 14.4 Å². The Kier molecular flexibility index (Phi) is 4.59. The van der Waals surface area contributed by atoms with E-state index in [0.29, 0.717) is 17.5 Å². The number of rotatable bonds is 4. The van der Waals surface area contributed by atoms with Crippen molar-refractivity contribution in [2.24, 2.45) is 5.92 Å². The maximum Gasteiger partial charge on any atom is 0.262 e. The van der Waals surface area contributed by atoms with Crippen molar-refractivity contribution in [2.45, 2.75) is 52.6 Å². The van der Waals surface area contributed by atoms with E-state index in [4.69, 9.17) is 0 Å². The Labute approximate surface area is 137 Å². The molecule has 2 rings (SSSR count). The van der Waals surface area contributed by atoms with E-state index in [1.165, 1.54) is 0 Å². The first-order valence-electron chi connectivity index (χ1n) is 7.91. The highest BCUT2D eigenvalue weighted by atomic mass is 16.2. The minimum atomic E-state index is -0.790. The molecule has 0 aromatic heterocycles. The molecule has 0 saturated heterocycles. The summed E-state index contributed by atoms with van der Waals surface area (Å²) in [5, 5.41) is 2.88. The number of nitrogens with one attached hydrogen (secondary N) is 1. The van der Waals surface area contributed by atoms with Crippen LogP contribution in [0.1, 0.15) is 61.8 Å². The van der Waals surface area contributed by atoms with E-state index >= 15 is 0 Å². The van der Waals surface area contributed by atoms with Gasteiger partial charge in [-0.1, -0.05) is 26.0 Å². The van der Waals surface area contributed by atoms with Crippen molar-refractivity contribution in [3.05, 3.63) is 35.4 Å². The van der Waals surface area contributed by atoms with Crippen LogP contribution >= 0.6 is 0 Å². The van der Waals surface area contributed by atoms with Crippen LogP contribution in [0, 0.1) is 5.92 Å². The minimum Gasteiger partial charge on any atom is -0.350 e. The first-order chi connectivity index (χ1) is 10.6. The smallest absolute Gasteiger partial charge is 0.262 e. The normalized spacial score (nSPS) is 15.8. The second-order valence-electron chi connectivity index (χ2n) is 7.41. The number of benzene rings is 1. The molecule has 1 aliphatic heterocycles. The topological polar surface area (TPSA) is 66.5 Å². The zero-order chi connectivity index (χ0) is 17.4. The van der Waals surface area contributed by atoms with E-state index in [9.17, 15) is 14.4 Å². The number of amides is 3. The largest absolute Gasteiger partial charge is 0.350 e. The zero-order valence-corrected chi connectivity index (χ0v) is 14.3. The van der Waals surface area contributed by atoms with Crippen molar-refractivity contribution in [1.29, 1.82) is 0 Å². The highest BCUT2D eigenvalue weighted by molar-refractivity contribution is 6.22. The molecule has 1 aromatic rings. The number of imide groups is 1. The quantitative estimate of drug-likeness (QED) is 0.868. The molecule has 1 aliphatic rings. The van der Waals surface area contributed by atoms with E-state index in [-0.39, 0.29) is 23.6 Å². The summed E-state index contributed by atoms with van der Waals surface area (Å²) in [4.78, 5) is 39.0. The van der Waals surface area contributed by atoms with Crippen molar-refractivity contribution in [3.8, 4) is 0 Å². The van der Waals surface area contributed by atoms with Gasteiger partial charge < -0.3 is 5.32 Å². The van der Waals surface area contributed by atoms with Gasteiger partial charge in [-0.3, -0.25) is 19.3 Å². The van der Waals surface area contributed by atoms with Crippen LogP contribution in [0.5, 0.6) is 0 Å². The van der Waals surface area contributed by atoms with E-state index < -0.39 is 11.6 Å². The number of nitrogens with zero attached hydrogens (tertiary/aromatic N) is 1. The maximum absolute atomic E-state index is 12.7. The van der Waals surface area contributed by atoms with Crippen LogP contribution in [0.4, 0.5) is 0 Å². The molecule has 1 aromatic carbocycles. The Hall–Kier alpha value is -2.17. The van der Waals surface area contributed by atoms with Gasteiger partial charge in [-0.05, 0) is 45.2 Å². The van der Waals surface area contributed by atoms with E-state index in [0.717, 1.165) is 4.90 Å². The molecule has 1 atom stereocenters. The fourth-order valence-corrected chi connectivity index (χ4v) is 2.72. The molecule has 0 spiro atoms. The number of carbonyl (C=O) groups is 3. The third kappa shape index (κ3) is 3.60. The van der Waals surface area contributed by atoms with Crippen LogP contribution < -0.4 is 5.32 Å². The number of hydrogen-bond acceptors (Lipinski definition) is 3. The van der Waals surface area contributed by atoms with Gasteiger partial charge >= 0.3 is 0 Å². The van der Waals surface area contributed by atoms with E-state index in [2.05, 4.69) is 5.32 Å². The third-order valence-corrected chi connectivity index (χ3v) is 3.63. The van der Waals surface area contributed by atoms with Crippen LogP contribution in [0.2, 0.25) is 0 Å². The molecule has 3 amide bonds. The molecule has 0 fully saturated rings. The summed E-state index contributed by atoms with van der Waals surface area (Å²) >= 11 is 0. The van der Waals surface area contributed by atoms with Gasteiger partial charge in [0, 0.05) is 5.54 Å². The lowest BCUT2D eigenvalue weighted by Gasteiger charge is -2.30. The molecule has 23 heavy (non-hydrogen) atoms. The summed E-state index contributed by atoms with van der Waals surface area (Å²) in [5.74, 6) is -0.892. The number of hydrogen-bond donors (Lipinski definition) is 1. The predicted octanol–water partition coefficient (Wildman–Crippen LogP) is 2.61. The summed E-state index contributed by atoms with van der Waals surface area (Å²) < 4.78 is 0. The second kappa shape index (κ2) is 6.14. The van der Waals surface area contributed by atoms with E-state index in [1.54, 1.807) is 24.3 Å². The van der Waals surface area contributed by atoms with Crippen LogP contribution in [-0.4, -0.2) is 34.2 Å². The van der Waals surface area contributed by atoms with Crippen molar-refractivity contribution in [3.63, 3.8) is 0 Å². The summed E-state index contributed by atoms with van der Waals surface area (Å²) in [6, 6.07) is 5.91. The summed E-state index contributed by atoms with van der Waals surface area (Å²) in [6.45, 7) is 9.56. The van der Waals surface area contributed by atoms with Crippen LogP contribution in [0.15, 0.2) is 24.3 Å². The molecule has 0 saturated carbocycles. The number of carbonyl (C=O) groups excluding carboxylic acids is 3. The average Bonchev–Trinajstić information content (AvgIpc) is 2.67. The lowest BCUT2D eigenvalue weighted by molar-refractivity contribution is -0.127. The standard InChI is InChI=1S/C18H24N2O3/c1-11(2)10-14(15(21)19-18(3,4)5)20-16(22)12-8-6-7-9-13(12)17(20)23/h6-9,11,14H,10H2,1-5H3,(H,19,21)/t14-/m0/s1. The molecule has 1 heterocycles. The van der Waals surface area contributed by atoms with Gasteiger partial charge in [0.1, 0.15) is 6.04 Å². The van der Waals surface area contributed by atoms with Gasteiger partial charge in [0.05, 0.1) is 11.1 Å². The molecule has 124 valence electrons. The Morgan fingerprint density at radius 3 is 1.96 bits per heavy atom. The number of fused-ring (bicyclic) bond motifs is 1. The fraction of sp³-hybridized carbons (Fsp3) is 0.500. The molecular formula is C18H24N2O3. The first-order valence-corrected chi connectivity index (χ1v) is 7.91. The third-order valence-electron chi connectivity index (χ3n) is 3.63. The van der Waals surface area contributed by atoms with Gasteiger partial charge in [-0.15, -0.1) is 0 Å². The molecule has 0 aliphatic carbocycles. The molecule has 0 unspecified atom stereocenters. The molecule has 0 bridgehead atoms. The fourth-order valence-electron chi connectivity index (χ4n) is 2.72. The zero-order valence-electron chi connectivity index (χ0n) is 14.3. The van der Waals surface area contributed by atoms with Gasteiger partial charge in [0.25, 0.3) is 11.8 Å². The van der Waals surface area contributed by atoms with Crippen LogP contribution in [0.3, 0.4) is 0 Å². The van der Waals surface area contributed by atoms with Gasteiger partial charge in [0.2, 0.25) is 5.91 Å². The molecule has 5 heteroatoms. The summed E-state index contributed by atoms with van der Waals surface area (Å²) in [6.07, 6.45) is 0.438. The molecule has 5 nitrogen and oxygen atoms in total. The van der Waals surface area contributed by atoms with Crippen molar-refractivity contribution in [2.75, 3.05) is 0 Å².